The molecule has 10 heteroatoms. The highest BCUT2D eigenvalue weighted by molar-refractivity contribution is 5.92. The number of carbonyl (C=O) groups is 1. The number of hydrazone groups is 1. The highest BCUT2D eigenvalue weighted by Crippen LogP contribution is 2.41. The number of rotatable bonds is 5. The van der Waals surface area contributed by atoms with Crippen molar-refractivity contribution >= 4 is 18.0 Å². The molecule has 0 atom stereocenters. The summed E-state index contributed by atoms with van der Waals surface area (Å²) >= 11 is 0. The van der Waals surface area contributed by atoms with Gasteiger partial charge in [-0.3, -0.25) is 14.9 Å². The quantitative estimate of drug-likeness (QED) is 0.501. The topological polar surface area (TPSA) is 125 Å². The van der Waals surface area contributed by atoms with Gasteiger partial charge in [-0.1, -0.05) is 0 Å². The molecule has 0 spiro atoms. The minimum atomic E-state index is -0.737. The van der Waals surface area contributed by atoms with E-state index in [0.717, 1.165) is 6.07 Å². The molecule has 0 saturated heterocycles. The summed E-state index contributed by atoms with van der Waals surface area (Å²) in [7, 11) is 1.49. The lowest BCUT2D eigenvalue weighted by molar-refractivity contribution is -0.402. The molecule has 2 aromatic rings. The molecule has 3 rings (SSSR count). The van der Waals surface area contributed by atoms with E-state index in [0.29, 0.717) is 22.8 Å². The van der Waals surface area contributed by atoms with Crippen LogP contribution in [0.25, 0.3) is 0 Å². The van der Waals surface area contributed by atoms with Crippen LogP contribution in [-0.2, 0) is 0 Å². The molecule has 24 heavy (non-hydrogen) atoms. The van der Waals surface area contributed by atoms with Gasteiger partial charge in [-0.05, 0) is 18.2 Å². The molecule has 1 aromatic heterocycles. The number of hydrogen-bond donors (Lipinski definition) is 1. The number of nitrogens with one attached hydrogen (secondary N) is 1. The van der Waals surface area contributed by atoms with Crippen LogP contribution < -0.4 is 19.6 Å². The first kappa shape index (κ1) is 15.3. The van der Waals surface area contributed by atoms with Gasteiger partial charge < -0.3 is 18.6 Å². The summed E-state index contributed by atoms with van der Waals surface area (Å²) in [6.45, 7) is 0.0975. The average Bonchev–Trinajstić information content (AvgIpc) is 3.23. The Morgan fingerprint density at radius 1 is 1.42 bits per heavy atom. The van der Waals surface area contributed by atoms with E-state index in [1.165, 1.54) is 19.4 Å². The molecule has 10 nitrogen and oxygen atoms in total. The molecule has 0 fully saturated rings. The first-order valence-corrected chi connectivity index (χ1v) is 6.63. The Kier molecular flexibility index (Phi) is 4.01. The van der Waals surface area contributed by atoms with E-state index < -0.39 is 16.7 Å². The molecule has 0 saturated carbocycles. The van der Waals surface area contributed by atoms with Crippen molar-refractivity contribution in [2.45, 2.75) is 0 Å². The van der Waals surface area contributed by atoms with Gasteiger partial charge in [0.15, 0.2) is 11.5 Å². The molecule has 1 aliphatic rings. The SMILES string of the molecule is COc1cc(/C=N/NC(=O)c2ccc([N+](=O)[O-])o2)cc2c1OCO2. The van der Waals surface area contributed by atoms with Gasteiger partial charge in [0, 0.05) is 5.56 Å². The van der Waals surface area contributed by atoms with Crippen LogP contribution in [0, 0.1) is 10.1 Å². The molecule has 1 N–H and O–H groups in total. The number of nitrogens with zero attached hydrogens (tertiary/aromatic N) is 2. The predicted octanol–water partition coefficient (Wildman–Crippen LogP) is 1.69. The summed E-state index contributed by atoms with van der Waals surface area (Å²) in [6.07, 6.45) is 1.36. The van der Waals surface area contributed by atoms with Gasteiger partial charge >= 0.3 is 11.8 Å². The number of nitro groups is 1. The third-order valence-corrected chi connectivity index (χ3v) is 3.06. The Labute approximate surface area is 134 Å². The van der Waals surface area contributed by atoms with Gasteiger partial charge in [0.25, 0.3) is 0 Å². The fourth-order valence-electron chi connectivity index (χ4n) is 1.99. The third-order valence-electron chi connectivity index (χ3n) is 3.06. The summed E-state index contributed by atoms with van der Waals surface area (Å²) in [6, 6.07) is 5.59. The highest BCUT2D eigenvalue weighted by Gasteiger charge is 2.20. The number of carbonyl (C=O) groups excluding carboxylic acids is 1. The third kappa shape index (κ3) is 2.97. The molecule has 0 bridgehead atoms. The van der Waals surface area contributed by atoms with E-state index in [9.17, 15) is 14.9 Å². The van der Waals surface area contributed by atoms with Gasteiger partial charge in [0.1, 0.15) is 4.92 Å². The maximum Gasteiger partial charge on any atom is 0.433 e. The van der Waals surface area contributed by atoms with Crippen LogP contribution in [0.1, 0.15) is 16.1 Å². The number of furan rings is 1. The summed E-state index contributed by atoms with van der Waals surface area (Å²) in [5.74, 6) is 0.0172. The Morgan fingerprint density at radius 3 is 2.96 bits per heavy atom. The molecule has 124 valence electrons. The fraction of sp³-hybridized carbons (Fsp3) is 0.143. The number of benzene rings is 1. The molecule has 0 aliphatic carbocycles. The summed E-state index contributed by atoms with van der Waals surface area (Å²) in [4.78, 5) is 21.5. The average molecular weight is 333 g/mol. The second kappa shape index (κ2) is 6.28. The predicted molar refractivity (Wildman–Crippen MR) is 79.5 cm³/mol. The second-order valence-electron chi connectivity index (χ2n) is 4.55. The van der Waals surface area contributed by atoms with Crippen LogP contribution >= 0.6 is 0 Å². The van der Waals surface area contributed by atoms with E-state index in [1.807, 2.05) is 0 Å². The van der Waals surface area contributed by atoms with Crippen molar-refractivity contribution in [3.63, 3.8) is 0 Å². The maximum atomic E-state index is 11.8. The zero-order valence-corrected chi connectivity index (χ0v) is 12.3. The first-order valence-electron chi connectivity index (χ1n) is 6.63. The van der Waals surface area contributed by atoms with Crippen LogP contribution in [0.4, 0.5) is 5.88 Å². The summed E-state index contributed by atoms with van der Waals surface area (Å²) < 4.78 is 20.5. The normalized spacial score (nSPS) is 12.4. The number of ether oxygens (including phenoxy) is 3. The van der Waals surface area contributed by atoms with Gasteiger partial charge in [-0.2, -0.15) is 5.10 Å². The van der Waals surface area contributed by atoms with Gasteiger partial charge in [-0.25, -0.2) is 5.43 Å². The van der Waals surface area contributed by atoms with Crippen molar-refractivity contribution in [3.8, 4) is 17.2 Å². The fourth-order valence-corrected chi connectivity index (χ4v) is 1.99. The molecule has 1 aliphatic heterocycles. The van der Waals surface area contributed by atoms with Crippen LogP contribution in [0.5, 0.6) is 17.2 Å². The molecule has 1 amide bonds. The molecular formula is C14H11N3O7. The highest BCUT2D eigenvalue weighted by atomic mass is 16.7. The molecule has 1 aromatic carbocycles. The number of fused-ring (bicyclic) bond motifs is 1. The van der Waals surface area contributed by atoms with Crippen molar-refractivity contribution in [2.24, 2.45) is 5.10 Å². The first-order chi connectivity index (χ1) is 11.6. The van der Waals surface area contributed by atoms with Crippen molar-refractivity contribution in [1.82, 2.24) is 5.43 Å². The van der Waals surface area contributed by atoms with Gasteiger partial charge in [0.05, 0.1) is 19.4 Å². The molecular weight excluding hydrogens is 322 g/mol. The zero-order valence-electron chi connectivity index (χ0n) is 12.3. The number of hydrogen-bond acceptors (Lipinski definition) is 8. The molecule has 0 unspecified atom stereocenters. The van der Waals surface area contributed by atoms with E-state index in [4.69, 9.17) is 18.6 Å². The number of amides is 1. The van der Waals surface area contributed by atoms with E-state index in [1.54, 1.807) is 12.1 Å². The number of methoxy groups -OCH3 is 1. The maximum absolute atomic E-state index is 11.8. The Hall–Kier alpha value is -3.56. The minimum Gasteiger partial charge on any atom is -0.493 e. The molecule has 2 heterocycles. The molecule has 0 radical (unpaired) electrons. The Balaban J connectivity index is 1.70. The van der Waals surface area contributed by atoms with Gasteiger partial charge in [-0.15, -0.1) is 0 Å². The largest absolute Gasteiger partial charge is 0.493 e. The van der Waals surface area contributed by atoms with Crippen molar-refractivity contribution < 1.29 is 28.3 Å². The summed E-state index contributed by atoms with van der Waals surface area (Å²) in [5.41, 5.74) is 2.81. The lowest BCUT2D eigenvalue weighted by atomic mass is 10.2. The zero-order chi connectivity index (χ0) is 17.1. The Bertz CT molecular complexity index is 828. The van der Waals surface area contributed by atoms with Crippen LogP contribution in [-0.4, -0.2) is 30.9 Å². The second-order valence-corrected chi connectivity index (χ2v) is 4.55. The van der Waals surface area contributed by atoms with Crippen LogP contribution in [0.2, 0.25) is 0 Å². The monoisotopic (exact) mass is 333 g/mol. The smallest absolute Gasteiger partial charge is 0.433 e. The van der Waals surface area contributed by atoms with Crippen molar-refractivity contribution in [2.75, 3.05) is 13.9 Å². The lowest BCUT2D eigenvalue weighted by Crippen LogP contribution is -2.16. The van der Waals surface area contributed by atoms with E-state index in [-0.39, 0.29) is 12.6 Å². The van der Waals surface area contributed by atoms with Crippen molar-refractivity contribution in [1.29, 1.82) is 0 Å². The summed E-state index contributed by atoms with van der Waals surface area (Å²) in [5, 5.41) is 14.3. The lowest BCUT2D eigenvalue weighted by Gasteiger charge is -2.05. The van der Waals surface area contributed by atoms with E-state index in [2.05, 4.69) is 10.5 Å². The Morgan fingerprint density at radius 2 is 2.25 bits per heavy atom. The van der Waals surface area contributed by atoms with Gasteiger partial charge in [0.2, 0.25) is 18.3 Å². The van der Waals surface area contributed by atoms with Crippen LogP contribution in [0.15, 0.2) is 33.8 Å². The van der Waals surface area contributed by atoms with Crippen molar-refractivity contribution in [3.05, 3.63) is 45.7 Å². The van der Waals surface area contributed by atoms with Crippen LogP contribution in [0.3, 0.4) is 0 Å². The minimum absolute atomic E-state index is 0.0975. The standard InChI is InChI=1S/C14H11N3O7/c1-21-10-4-8(5-11-13(10)23-7-22-11)6-15-16-14(18)9-2-3-12(24-9)17(19)20/h2-6H,7H2,1H3,(H,16,18)/b15-6+. The van der Waals surface area contributed by atoms with E-state index >= 15 is 0 Å².